The molecule has 0 radical (unpaired) electrons. The van der Waals surface area contributed by atoms with Crippen LogP contribution in [0.4, 0.5) is 0 Å². The molecule has 3 nitrogen and oxygen atoms in total. The van der Waals surface area contributed by atoms with E-state index in [4.69, 9.17) is 4.74 Å². The minimum atomic E-state index is -0.365. The van der Waals surface area contributed by atoms with Gasteiger partial charge in [0.25, 0.3) is 0 Å². The first-order valence-electron chi connectivity index (χ1n) is 9.99. The highest BCUT2D eigenvalue weighted by atomic mass is 16.5. The van der Waals surface area contributed by atoms with E-state index < -0.39 is 0 Å². The van der Waals surface area contributed by atoms with Gasteiger partial charge in [0.2, 0.25) is 5.91 Å². The van der Waals surface area contributed by atoms with Crippen molar-refractivity contribution < 1.29 is 9.53 Å². The lowest BCUT2D eigenvalue weighted by Crippen LogP contribution is -2.43. The number of carbonyl (C=O) groups is 1. The van der Waals surface area contributed by atoms with Crippen molar-refractivity contribution in [3.63, 3.8) is 0 Å². The van der Waals surface area contributed by atoms with Crippen LogP contribution < -0.4 is 10.1 Å². The van der Waals surface area contributed by atoms with Gasteiger partial charge in [-0.05, 0) is 41.5 Å². The molecule has 1 amide bonds. The Morgan fingerprint density at radius 3 is 2.22 bits per heavy atom. The molecule has 1 saturated carbocycles. The molecule has 0 atom stereocenters. The molecule has 1 fully saturated rings. The Kier molecular flexibility index (Phi) is 5.88. The predicted molar refractivity (Wildman–Crippen MR) is 110 cm³/mol. The molecule has 2 aromatic rings. The summed E-state index contributed by atoms with van der Waals surface area (Å²) in [5.74, 6) is 0.980. The van der Waals surface area contributed by atoms with Crippen molar-refractivity contribution in [1.82, 2.24) is 5.32 Å². The SMILES string of the molecule is CC(C)(C)c1ccc(OCCNC(=O)C2(c3ccccc3)CCCC2)cc1. The molecule has 0 saturated heterocycles. The number of benzene rings is 2. The summed E-state index contributed by atoms with van der Waals surface area (Å²) in [4.78, 5) is 13.0. The summed E-state index contributed by atoms with van der Waals surface area (Å²) in [6.45, 7) is 7.60. The summed E-state index contributed by atoms with van der Waals surface area (Å²) >= 11 is 0. The monoisotopic (exact) mass is 365 g/mol. The Morgan fingerprint density at radius 2 is 1.63 bits per heavy atom. The first-order chi connectivity index (χ1) is 12.9. The van der Waals surface area contributed by atoms with Gasteiger partial charge >= 0.3 is 0 Å². The number of hydrogen-bond donors (Lipinski definition) is 1. The van der Waals surface area contributed by atoms with Crippen LogP contribution in [-0.2, 0) is 15.6 Å². The zero-order chi connectivity index (χ0) is 19.3. The lowest BCUT2D eigenvalue weighted by Gasteiger charge is -2.28. The van der Waals surface area contributed by atoms with Crippen LogP contribution >= 0.6 is 0 Å². The van der Waals surface area contributed by atoms with Crippen molar-refractivity contribution in [2.45, 2.75) is 57.3 Å². The van der Waals surface area contributed by atoms with Gasteiger partial charge < -0.3 is 10.1 Å². The minimum absolute atomic E-state index is 0.137. The number of amides is 1. The van der Waals surface area contributed by atoms with E-state index in [1.807, 2.05) is 30.3 Å². The number of rotatable bonds is 6. The van der Waals surface area contributed by atoms with Crippen LogP contribution in [0.3, 0.4) is 0 Å². The first-order valence-corrected chi connectivity index (χ1v) is 9.99. The fourth-order valence-electron chi connectivity index (χ4n) is 3.94. The Labute approximate surface area is 163 Å². The zero-order valence-electron chi connectivity index (χ0n) is 16.8. The molecule has 27 heavy (non-hydrogen) atoms. The summed E-state index contributed by atoms with van der Waals surface area (Å²) in [5.41, 5.74) is 2.20. The summed E-state index contributed by atoms with van der Waals surface area (Å²) in [7, 11) is 0. The molecule has 3 rings (SSSR count). The highest BCUT2D eigenvalue weighted by Crippen LogP contribution is 2.41. The number of nitrogens with one attached hydrogen (secondary N) is 1. The van der Waals surface area contributed by atoms with Crippen molar-refractivity contribution in [2.75, 3.05) is 13.2 Å². The van der Waals surface area contributed by atoms with Gasteiger partial charge in [0.15, 0.2) is 0 Å². The lowest BCUT2D eigenvalue weighted by molar-refractivity contribution is -0.126. The minimum Gasteiger partial charge on any atom is -0.492 e. The van der Waals surface area contributed by atoms with Crippen molar-refractivity contribution >= 4 is 5.91 Å². The Hall–Kier alpha value is -2.29. The molecule has 0 heterocycles. The van der Waals surface area contributed by atoms with E-state index in [0.29, 0.717) is 13.2 Å². The standard InChI is InChI=1S/C24H31NO2/c1-23(2,3)19-11-13-21(14-12-19)27-18-17-25-22(26)24(15-7-8-16-24)20-9-5-4-6-10-20/h4-6,9-14H,7-8,15-18H2,1-3H3,(H,25,26). The van der Waals surface area contributed by atoms with E-state index >= 15 is 0 Å². The van der Waals surface area contributed by atoms with Gasteiger partial charge in [-0.1, -0.05) is 76.1 Å². The van der Waals surface area contributed by atoms with Gasteiger partial charge in [-0.15, -0.1) is 0 Å². The van der Waals surface area contributed by atoms with E-state index in [0.717, 1.165) is 37.0 Å². The Bertz CT molecular complexity index is 738. The number of hydrogen-bond acceptors (Lipinski definition) is 2. The molecule has 144 valence electrons. The molecule has 3 heteroatoms. The molecular weight excluding hydrogens is 334 g/mol. The molecule has 0 aromatic heterocycles. The highest BCUT2D eigenvalue weighted by Gasteiger charge is 2.42. The summed E-state index contributed by atoms with van der Waals surface area (Å²) in [6.07, 6.45) is 4.08. The maximum absolute atomic E-state index is 13.0. The first kappa shape index (κ1) is 19.5. The Morgan fingerprint density at radius 1 is 1.00 bits per heavy atom. The molecular formula is C24H31NO2. The van der Waals surface area contributed by atoms with E-state index in [1.165, 1.54) is 5.56 Å². The van der Waals surface area contributed by atoms with Gasteiger partial charge in [0.1, 0.15) is 12.4 Å². The van der Waals surface area contributed by atoms with Crippen LogP contribution in [0.1, 0.15) is 57.6 Å². The lowest BCUT2D eigenvalue weighted by atomic mass is 9.78. The zero-order valence-corrected chi connectivity index (χ0v) is 16.8. The molecule has 1 aliphatic rings. The second-order valence-corrected chi connectivity index (χ2v) is 8.53. The van der Waals surface area contributed by atoms with E-state index in [-0.39, 0.29) is 16.7 Å². The van der Waals surface area contributed by atoms with Crippen LogP contribution in [0.25, 0.3) is 0 Å². The summed E-state index contributed by atoms with van der Waals surface area (Å²) < 4.78 is 5.81. The van der Waals surface area contributed by atoms with E-state index in [2.05, 4.69) is 50.4 Å². The highest BCUT2D eigenvalue weighted by molar-refractivity contribution is 5.88. The third kappa shape index (κ3) is 4.52. The third-order valence-corrected chi connectivity index (χ3v) is 5.59. The summed E-state index contributed by atoms with van der Waals surface area (Å²) in [5, 5.41) is 3.11. The summed E-state index contributed by atoms with van der Waals surface area (Å²) in [6, 6.07) is 18.4. The van der Waals surface area contributed by atoms with Gasteiger partial charge in [-0.2, -0.15) is 0 Å². The predicted octanol–water partition coefficient (Wildman–Crippen LogP) is 4.99. The average molecular weight is 366 g/mol. The molecule has 0 spiro atoms. The van der Waals surface area contributed by atoms with Gasteiger partial charge in [0.05, 0.1) is 12.0 Å². The van der Waals surface area contributed by atoms with Crippen molar-refractivity contribution in [3.05, 3.63) is 65.7 Å². The van der Waals surface area contributed by atoms with Crippen LogP contribution in [0.5, 0.6) is 5.75 Å². The van der Waals surface area contributed by atoms with Gasteiger partial charge in [-0.3, -0.25) is 4.79 Å². The smallest absolute Gasteiger partial charge is 0.230 e. The van der Waals surface area contributed by atoms with Crippen LogP contribution in [0.15, 0.2) is 54.6 Å². The maximum Gasteiger partial charge on any atom is 0.230 e. The molecule has 1 N–H and O–H groups in total. The van der Waals surface area contributed by atoms with Crippen LogP contribution in [0.2, 0.25) is 0 Å². The topological polar surface area (TPSA) is 38.3 Å². The number of ether oxygens (including phenoxy) is 1. The quantitative estimate of drug-likeness (QED) is 0.732. The molecule has 0 unspecified atom stereocenters. The molecule has 0 bridgehead atoms. The normalized spacial score (nSPS) is 16.1. The van der Waals surface area contributed by atoms with Crippen LogP contribution in [-0.4, -0.2) is 19.1 Å². The third-order valence-electron chi connectivity index (χ3n) is 5.59. The average Bonchev–Trinajstić information content (AvgIpc) is 3.17. The molecule has 0 aliphatic heterocycles. The second-order valence-electron chi connectivity index (χ2n) is 8.53. The molecule has 2 aromatic carbocycles. The fourth-order valence-corrected chi connectivity index (χ4v) is 3.94. The maximum atomic E-state index is 13.0. The van der Waals surface area contributed by atoms with Crippen molar-refractivity contribution in [3.8, 4) is 5.75 Å². The van der Waals surface area contributed by atoms with Crippen molar-refractivity contribution in [1.29, 1.82) is 0 Å². The fraction of sp³-hybridized carbons (Fsp3) is 0.458. The van der Waals surface area contributed by atoms with Crippen LogP contribution in [0, 0.1) is 0 Å². The largest absolute Gasteiger partial charge is 0.492 e. The van der Waals surface area contributed by atoms with Crippen molar-refractivity contribution in [2.24, 2.45) is 0 Å². The second kappa shape index (κ2) is 8.16. The van der Waals surface area contributed by atoms with E-state index in [9.17, 15) is 4.79 Å². The van der Waals surface area contributed by atoms with E-state index in [1.54, 1.807) is 0 Å². The van der Waals surface area contributed by atoms with Gasteiger partial charge in [0, 0.05) is 0 Å². The number of carbonyl (C=O) groups excluding carboxylic acids is 1. The molecule has 1 aliphatic carbocycles. The Balaban J connectivity index is 1.53. The van der Waals surface area contributed by atoms with Gasteiger partial charge in [-0.25, -0.2) is 0 Å².